The molecule has 6 heteroatoms. The van der Waals surface area contributed by atoms with Gasteiger partial charge in [0, 0.05) is 5.75 Å². The quantitative estimate of drug-likeness (QED) is 0.804. The fourth-order valence-corrected chi connectivity index (χ4v) is 4.00. The van der Waals surface area contributed by atoms with Crippen LogP contribution in [-0.2, 0) is 5.54 Å². The molecule has 0 bridgehead atoms. The molecule has 1 aliphatic rings. The van der Waals surface area contributed by atoms with Gasteiger partial charge < -0.3 is 11.1 Å². The van der Waals surface area contributed by atoms with E-state index in [0.717, 1.165) is 23.3 Å². The van der Waals surface area contributed by atoms with Gasteiger partial charge in [0.2, 0.25) is 0 Å². The van der Waals surface area contributed by atoms with Gasteiger partial charge in [-0.3, -0.25) is 9.79 Å². The number of rotatable bonds is 4. The van der Waals surface area contributed by atoms with Crippen LogP contribution in [0, 0.1) is 5.82 Å². The number of amidine groups is 1. The molecular formula is C21H26FN3OS. The summed E-state index contributed by atoms with van der Waals surface area (Å²) in [6, 6.07) is 14.0. The molecular weight excluding hydrogens is 361 g/mol. The van der Waals surface area contributed by atoms with Crippen LogP contribution in [0.3, 0.4) is 0 Å². The summed E-state index contributed by atoms with van der Waals surface area (Å²) < 4.78 is 14.3. The smallest absolute Gasteiger partial charge is 0.254 e. The first-order chi connectivity index (χ1) is 12.4. The van der Waals surface area contributed by atoms with E-state index in [1.54, 1.807) is 12.1 Å². The highest BCUT2D eigenvalue weighted by Crippen LogP contribution is 2.35. The molecule has 3 N–H and O–H groups in total. The molecule has 2 atom stereocenters. The predicted octanol–water partition coefficient (Wildman–Crippen LogP) is 4.62. The van der Waals surface area contributed by atoms with E-state index < -0.39 is 17.3 Å². The van der Waals surface area contributed by atoms with Crippen molar-refractivity contribution in [3.8, 4) is 0 Å². The summed E-state index contributed by atoms with van der Waals surface area (Å²) in [4.78, 5) is 17.2. The molecule has 0 saturated carbocycles. The lowest BCUT2D eigenvalue weighted by atomic mass is 9.88. The number of aliphatic imine (C=N–C) groups is 1. The molecule has 0 saturated heterocycles. The van der Waals surface area contributed by atoms with Crippen LogP contribution in [0.15, 0.2) is 53.5 Å². The van der Waals surface area contributed by atoms with Gasteiger partial charge in [-0.2, -0.15) is 0 Å². The van der Waals surface area contributed by atoms with E-state index in [2.05, 4.69) is 10.3 Å². The van der Waals surface area contributed by atoms with Crippen LogP contribution in [0.4, 0.5) is 4.39 Å². The first kappa shape index (κ1) is 21.0. The van der Waals surface area contributed by atoms with Gasteiger partial charge in [-0.25, -0.2) is 4.39 Å². The fourth-order valence-electron chi connectivity index (χ4n) is 3.03. The van der Waals surface area contributed by atoms with Gasteiger partial charge in [0.1, 0.15) is 5.82 Å². The Labute approximate surface area is 164 Å². The molecule has 0 spiro atoms. The molecule has 0 aromatic heterocycles. The van der Waals surface area contributed by atoms with Crippen LogP contribution in [0.1, 0.15) is 55.2 Å². The summed E-state index contributed by atoms with van der Waals surface area (Å²) >= 11 is 1.51. The molecule has 144 valence electrons. The third-order valence-corrected chi connectivity index (χ3v) is 5.47. The topological polar surface area (TPSA) is 67.5 Å². The fraction of sp³-hybridized carbons (Fsp3) is 0.333. The second-order valence-electron chi connectivity index (χ2n) is 6.62. The maximum absolute atomic E-state index is 14.3. The average Bonchev–Trinajstić information content (AvgIpc) is 2.62. The molecule has 0 radical (unpaired) electrons. The van der Waals surface area contributed by atoms with Gasteiger partial charge in [0.05, 0.1) is 17.1 Å². The summed E-state index contributed by atoms with van der Waals surface area (Å²) in [5, 5.41) is 3.38. The standard InChI is InChI=1S/C20H22FN3OS.CH4/c1-13(14-6-4-3-5-7-14)23-18(25)16-12-15(8-9-17(16)21)20(2)10-11-26-19(22)24-20;/h3-9,12-13H,10-11H2,1-2H3,(H2,22,24)(H,23,25);1H4/t13-,20?;/m1./s1. The average molecular weight is 388 g/mol. The summed E-state index contributed by atoms with van der Waals surface area (Å²) in [5.41, 5.74) is 7.11. The second kappa shape index (κ2) is 8.57. The van der Waals surface area contributed by atoms with Crippen molar-refractivity contribution in [1.82, 2.24) is 5.32 Å². The Morgan fingerprint density at radius 1 is 1.30 bits per heavy atom. The molecule has 2 aromatic rings. The van der Waals surface area contributed by atoms with Crippen molar-refractivity contribution in [2.45, 2.75) is 39.3 Å². The molecule has 4 nitrogen and oxygen atoms in total. The first-order valence-electron chi connectivity index (χ1n) is 8.53. The lowest BCUT2D eigenvalue weighted by molar-refractivity contribution is 0.0935. The molecule has 1 unspecified atom stereocenters. The largest absolute Gasteiger partial charge is 0.379 e. The highest BCUT2D eigenvalue weighted by atomic mass is 32.2. The number of thioether (sulfide) groups is 1. The van der Waals surface area contributed by atoms with E-state index in [9.17, 15) is 9.18 Å². The number of nitrogens with zero attached hydrogens (tertiary/aromatic N) is 1. The van der Waals surface area contributed by atoms with E-state index in [0.29, 0.717) is 5.17 Å². The van der Waals surface area contributed by atoms with Crippen LogP contribution >= 0.6 is 11.8 Å². The Kier molecular flexibility index (Phi) is 6.65. The molecule has 0 aliphatic carbocycles. The van der Waals surface area contributed by atoms with Crippen molar-refractivity contribution >= 4 is 22.8 Å². The van der Waals surface area contributed by atoms with Crippen molar-refractivity contribution in [3.05, 3.63) is 71.0 Å². The highest BCUT2D eigenvalue weighted by Gasteiger charge is 2.30. The zero-order chi connectivity index (χ0) is 18.7. The monoisotopic (exact) mass is 387 g/mol. The highest BCUT2D eigenvalue weighted by molar-refractivity contribution is 8.13. The summed E-state index contributed by atoms with van der Waals surface area (Å²) in [5.74, 6) is -0.140. The zero-order valence-corrected chi connectivity index (χ0v) is 15.6. The molecule has 1 aliphatic heterocycles. The molecule has 2 aromatic carbocycles. The summed E-state index contributed by atoms with van der Waals surface area (Å²) in [6.07, 6.45) is 0.783. The third kappa shape index (κ3) is 4.69. The van der Waals surface area contributed by atoms with E-state index in [1.807, 2.05) is 44.2 Å². The summed E-state index contributed by atoms with van der Waals surface area (Å²) in [6.45, 7) is 3.83. The van der Waals surface area contributed by atoms with Crippen molar-refractivity contribution in [2.75, 3.05) is 5.75 Å². The Morgan fingerprint density at radius 2 is 2.00 bits per heavy atom. The van der Waals surface area contributed by atoms with Crippen molar-refractivity contribution in [3.63, 3.8) is 0 Å². The summed E-state index contributed by atoms with van der Waals surface area (Å²) in [7, 11) is 0. The molecule has 27 heavy (non-hydrogen) atoms. The van der Waals surface area contributed by atoms with Crippen LogP contribution < -0.4 is 11.1 Å². The van der Waals surface area contributed by atoms with Crippen molar-refractivity contribution < 1.29 is 9.18 Å². The number of carbonyl (C=O) groups is 1. The van der Waals surface area contributed by atoms with Crippen molar-refractivity contribution in [1.29, 1.82) is 0 Å². The number of hydrogen-bond donors (Lipinski definition) is 2. The maximum Gasteiger partial charge on any atom is 0.254 e. The van der Waals surface area contributed by atoms with Crippen LogP contribution in [0.5, 0.6) is 0 Å². The number of nitrogens with one attached hydrogen (secondary N) is 1. The Hall–Kier alpha value is -2.34. The second-order valence-corrected chi connectivity index (χ2v) is 7.74. The minimum atomic E-state index is -0.544. The molecule has 1 heterocycles. The van der Waals surface area contributed by atoms with E-state index >= 15 is 0 Å². The van der Waals surface area contributed by atoms with Gasteiger partial charge in [-0.05, 0) is 43.5 Å². The maximum atomic E-state index is 14.3. The predicted molar refractivity (Wildman–Crippen MR) is 112 cm³/mol. The number of hydrogen-bond acceptors (Lipinski definition) is 4. The van der Waals surface area contributed by atoms with Crippen LogP contribution in [0.2, 0.25) is 0 Å². The van der Waals surface area contributed by atoms with Gasteiger partial charge in [-0.15, -0.1) is 0 Å². The van der Waals surface area contributed by atoms with E-state index in [1.165, 1.54) is 17.8 Å². The van der Waals surface area contributed by atoms with Gasteiger partial charge >= 0.3 is 0 Å². The number of nitrogens with two attached hydrogens (primary N) is 1. The van der Waals surface area contributed by atoms with Crippen molar-refractivity contribution in [2.24, 2.45) is 10.7 Å². The molecule has 1 amide bonds. The van der Waals surface area contributed by atoms with E-state index in [4.69, 9.17) is 5.73 Å². The van der Waals surface area contributed by atoms with E-state index in [-0.39, 0.29) is 19.0 Å². The number of halogens is 1. The van der Waals surface area contributed by atoms with Gasteiger partial charge in [0.15, 0.2) is 5.17 Å². The Bertz CT molecular complexity index is 841. The lowest BCUT2D eigenvalue weighted by Gasteiger charge is -2.30. The molecule has 0 fully saturated rings. The van der Waals surface area contributed by atoms with Gasteiger partial charge in [-0.1, -0.05) is 55.6 Å². The number of benzene rings is 2. The Morgan fingerprint density at radius 3 is 2.67 bits per heavy atom. The number of carbonyl (C=O) groups excluding carboxylic acids is 1. The first-order valence-corrected chi connectivity index (χ1v) is 9.51. The normalized spacial score (nSPS) is 20.2. The van der Waals surface area contributed by atoms with Crippen LogP contribution in [0.25, 0.3) is 0 Å². The third-order valence-electron chi connectivity index (χ3n) is 4.68. The molecule has 3 rings (SSSR count). The van der Waals surface area contributed by atoms with Crippen LogP contribution in [-0.4, -0.2) is 16.8 Å². The SMILES string of the molecule is C.C[C@@H](NC(=O)c1cc(C2(C)CCSC(N)=N2)ccc1F)c1ccccc1. The number of amides is 1. The zero-order valence-electron chi connectivity index (χ0n) is 14.8. The minimum absolute atomic E-state index is 0. The van der Waals surface area contributed by atoms with Gasteiger partial charge in [0.25, 0.3) is 5.91 Å². The lowest BCUT2D eigenvalue weighted by Crippen LogP contribution is -2.30. The Balaban J connectivity index is 0.00000261. The minimum Gasteiger partial charge on any atom is -0.379 e.